The molecule has 0 radical (unpaired) electrons. The third-order valence-electron chi connectivity index (χ3n) is 6.17. The lowest BCUT2D eigenvalue weighted by atomic mass is 9.89. The van der Waals surface area contributed by atoms with Gasteiger partial charge < -0.3 is 14.4 Å². The van der Waals surface area contributed by atoms with Crippen molar-refractivity contribution in [3.05, 3.63) is 59.4 Å². The maximum atomic E-state index is 13.8. The number of ether oxygens (including phenoxy) is 2. The van der Waals surface area contributed by atoms with Crippen LogP contribution in [0.3, 0.4) is 0 Å². The molecular weight excluding hydrogens is 395 g/mol. The van der Waals surface area contributed by atoms with Gasteiger partial charge in [0.15, 0.2) is 11.5 Å². The van der Waals surface area contributed by atoms with Gasteiger partial charge in [-0.2, -0.15) is 0 Å². The summed E-state index contributed by atoms with van der Waals surface area (Å²) in [5.74, 6) is 1.64. The lowest BCUT2D eigenvalue weighted by molar-refractivity contribution is 0.0757. The topological polar surface area (TPSA) is 42.0 Å². The third-order valence-corrected chi connectivity index (χ3v) is 6.17. The lowest BCUT2D eigenvalue weighted by Gasteiger charge is -2.27. The van der Waals surface area contributed by atoms with Crippen LogP contribution in [0.1, 0.15) is 22.0 Å². The number of benzene rings is 2. The van der Waals surface area contributed by atoms with Crippen molar-refractivity contribution in [3.8, 4) is 11.5 Å². The van der Waals surface area contributed by atoms with Gasteiger partial charge in [-0.15, -0.1) is 12.4 Å². The van der Waals surface area contributed by atoms with Crippen molar-refractivity contribution in [2.45, 2.75) is 6.04 Å². The first kappa shape index (κ1) is 20.0. The molecule has 1 amide bonds. The smallest absolute Gasteiger partial charge is 0.257 e. The van der Waals surface area contributed by atoms with E-state index in [1.165, 1.54) is 6.07 Å². The summed E-state index contributed by atoms with van der Waals surface area (Å²) >= 11 is 0. The van der Waals surface area contributed by atoms with E-state index < -0.39 is 0 Å². The van der Waals surface area contributed by atoms with Crippen molar-refractivity contribution in [1.82, 2.24) is 9.80 Å². The summed E-state index contributed by atoms with van der Waals surface area (Å²) in [6, 6.07) is 12.4. The van der Waals surface area contributed by atoms with Gasteiger partial charge in [-0.1, -0.05) is 18.2 Å². The Balaban J connectivity index is 0.00000205. The van der Waals surface area contributed by atoms with Gasteiger partial charge in [0.1, 0.15) is 19.0 Å². The first-order valence-corrected chi connectivity index (χ1v) is 9.75. The Labute approximate surface area is 175 Å². The van der Waals surface area contributed by atoms with Crippen LogP contribution in [0, 0.1) is 17.7 Å². The van der Waals surface area contributed by atoms with E-state index in [0.717, 1.165) is 12.1 Å². The zero-order valence-corrected chi connectivity index (χ0v) is 17.0. The highest BCUT2D eigenvalue weighted by Crippen LogP contribution is 2.45. The summed E-state index contributed by atoms with van der Waals surface area (Å²) in [4.78, 5) is 17.4. The van der Waals surface area contributed by atoms with Crippen LogP contribution < -0.4 is 9.47 Å². The van der Waals surface area contributed by atoms with Crippen molar-refractivity contribution in [2.75, 3.05) is 39.9 Å². The summed E-state index contributed by atoms with van der Waals surface area (Å²) in [7, 11) is 2.08. The molecule has 3 aliphatic heterocycles. The van der Waals surface area contributed by atoms with Crippen molar-refractivity contribution < 1.29 is 18.7 Å². The van der Waals surface area contributed by atoms with Gasteiger partial charge in [-0.3, -0.25) is 9.69 Å². The minimum absolute atomic E-state index is 0. The first-order chi connectivity index (χ1) is 13.6. The zero-order valence-electron chi connectivity index (χ0n) is 16.2. The van der Waals surface area contributed by atoms with Crippen LogP contribution in [0.5, 0.6) is 11.5 Å². The number of rotatable bonds is 2. The highest BCUT2D eigenvalue weighted by Gasteiger charge is 2.47. The van der Waals surface area contributed by atoms with Crippen molar-refractivity contribution in [1.29, 1.82) is 0 Å². The summed E-state index contributed by atoms with van der Waals surface area (Å²) < 4.78 is 25.1. The summed E-state index contributed by atoms with van der Waals surface area (Å²) in [5, 5.41) is 0. The van der Waals surface area contributed by atoms with Gasteiger partial charge in [-0.25, -0.2) is 4.39 Å². The second-order valence-electron chi connectivity index (χ2n) is 7.90. The Morgan fingerprint density at radius 2 is 1.86 bits per heavy atom. The molecule has 5 nitrogen and oxygen atoms in total. The van der Waals surface area contributed by atoms with Crippen molar-refractivity contribution in [3.63, 3.8) is 0 Å². The largest absolute Gasteiger partial charge is 0.486 e. The maximum Gasteiger partial charge on any atom is 0.257 e. The average Bonchev–Trinajstić information content (AvgIpc) is 3.23. The van der Waals surface area contributed by atoms with E-state index in [0.29, 0.717) is 55.2 Å². The predicted molar refractivity (Wildman–Crippen MR) is 109 cm³/mol. The van der Waals surface area contributed by atoms with E-state index in [4.69, 9.17) is 9.47 Å². The third kappa shape index (κ3) is 3.45. The van der Waals surface area contributed by atoms with Gasteiger partial charge >= 0.3 is 0 Å². The monoisotopic (exact) mass is 418 g/mol. The van der Waals surface area contributed by atoms with Gasteiger partial charge in [0.25, 0.3) is 5.91 Å². The van der Waals surface area contributed by atoms with E-state index in [1.54, 1.807) is 18.2 Å². The Hall–Kier alpha value is -2.31. The minimum Gasteiger partial charge on any atom is -0.486 e. The number of hydrogen-bond acceptors (Lipinski definition) is 4. The van der Waals surface area contributed by atoms with Gasteiger partial charge in [-0.05, 0) is 42.8 Å². The standard InChI is InChI=1S/C22H23FN2O3.ClH/c1-24-11-15-12-25(13-18(15)20(24)14-4-2-5-16(23)10-14)22(26)17-6-3-7-19-21(17)28-9-8-27-19;/h2-7,10,15,18,20H,8-9,11-13H2,1H3;1H/t15-,18+,20-;/m0./s1. The summed E-state index contributed by atoms with van der Waals surface area (Å²) in [6.45, 7) is 3.24. The molecule has 29 heavy (non-hydrogen) atoms. The Morgan fingerprint density at radius 3 is 2.69 bits per heavy atom. The van der Waals surface area contributed by atoms with Gasteiger partial charge in [0, 0.05) is 31.6 Å². The SMILES string of the molecule is CN1C[C@H]2CN(C(=O)c3cccc4c3OCCO4)C[C@H]2[C@@H]1c1cccc(F)c1.Cl. The Kier molecular flexibility index (Phi) is 5.40. The Bertz CT molecular complexity index is 925. The van der Waals surface area contributed by atoms with Crippen LogP contribution in [0.15, 0.2) is 42.5 Å². The molecule has 0 saturated carbocycles. The molecule has 3 heterocycles. The number of nitrogens with zero attached hydrogens (tertiary/aromatic N) is 2. The molecule has 3 aliphatic rings. The van der Waals surface area contributed by atoms with Crippen LogP contribution in [0.4, 0.5) is 4.39 Å². The van der Waals surface area contributed by atoms with Gasteiger partial charge in [0.05, 0.1) is 5.56 Å². The Morgan fingerprint density at radius 1 is 1.07 bits per heavy atom. The molecule has 0 spiro atoms. The quantitative estimate of drug-likeness (QED) is 0.749. The normalized spacial score (nSPS) is 25.4. The molecule has 2 fully saturated rings. The molecule has 0 N–H and O–H groups in total. The number of carbonyl (C=O) groups excluding carboxylic acids is 1. The molecule has 0 aliphatic carbocycles. The van der Waals surface area contributed by atoms with Crippen LogP contribution in [-0.4, -0.2) is 55.6 Å². The summed E-state index contributed by atoms with van der Waals surface area (Å²) in [5.41, 5.74) is 1.55. The van der Waals surface area contributed by atoms with Gasteiger partial charge in [0.2, 0.25) is 0 Å². The van der Waals surface area contributed by atoms with Crippen LogP contribution in [-0.2, 0) is 0 Å². The minimum atomic E-state index is -0.214. The fourth-order valence-corrected chi connectivity index (χ4v) is 5.03. The van der Waals surface area contributed by atoms with Crippen LogP contribution >= 0.6 is 12.4 Å². The fourth-order valence-electron chi connectivity index (χ4n) is 5.03. The van der Waals surface area contributed by atoms with E-state index in [1.807, 2.05) is 23.1 Å². The number of halogens is 2. The number of carbonyl (C=O) groups is 1. The van der Waals surface area contributed by atoms with Crippen molar-refractivity contribution >= 4 is 18.3 Å². The average molecular weight is 419 g/mol. The molecular formula is C22H24ClFN2O3. The maximum absolute atomic E-state index is 13.8. The van der Waals surface area contributed by atoms with Crippen LogP contribution in [0.25, 0.3) is 0 Å². The van der Waals surface area contributed by atoms with E-state index in [2.05, 4.69) is 11.9 Å². The number of hydrogen-bond donors (Lipinski definition) is 0. The highest BCUT2D eigenvalue weighted by atomic mass is 35.5. The summed E-state index contributed by atoms with van der Waals surface area (Å²) in [6.07, 6.45) is 0. The molecule has 3 atom stereocenters. The highest BCUT2D eigenvalue weighted by molar-refractivity contribution is 5.98. The molecule has 7 heteroatoms. The van der Waals surface area contributed by atoms with E-state index in [-0.39, 0.29) is 30.2 Å². The molecule has 0 aromatic heterocycles. The number of para-hydroxylation sites is 1. The lowest BCUT2D eigenvalue weighted by Crippen LogP contribution is -2.34. The van der Waals surface area contributed by atoms with E-state index in [9.17, 15) is 9.18 Å². The molecule has 0 unspecified atom stereocenters. The van der Waals surface area contributed by atoms with E-state index >= 15 is 0 Å². The number of fused-ring (bicyclic) bond motifs is 2. The second-order valence-corrected chi connectivity index (χ2v) is 7.90. The molecule has 0 bridgehead atoms. The fraction of sp³-hybridized carbons (Fsp3) is 0.409. The molecule has 2 aromatic rings. The second kappa shape index (κ2) is 7.84. The molecule has 5 rings (SSSR count). The van der Waals surface area contributed by atoms with Crippen LogP contribution in [0.2, 0.25) is 0 Å². The molecule has 2 aromatic carbocycles. The molecule has 2 saturated heterocycles. The zero-order chi connectivity index (χ0) is 19.3. The van der Waals surface area contributed by atoms with Crippen molar-refractivity contribution in [2.24, 2.45) is 11.8 Å². The predicted octanol–water partition coefficient (Wildman–Crippen LogP) is 3.39. The first-order valence-electron chi connectivity index (χ1n) is 9.75. The molecule has 154 valence electrons. The number of amides is 1. The number of likely N-dealkylation sites (tertiary alicyclic amines) is 2.